The van der Waals surface area contributed by atoms with E-state index in [0.29, 0.717) is 0 Å². The van der Waals surface area contributed by atoms with Gasteiger partial charge in [-0.2, -0.15) is 0 Å². The number of nitrogens with two attached hydrogens (primary N) is 1. The van der Waals surface area contributed by atoms with Gasteiger partial charge in [-0.05, 0) is 49.3 Å². The van der Waals surface area contributed by atoms with E-state index in [1.165, 1.54) is 48.8 Å². The maximum Gasteiger partial charge on any atom is 0.0373 e. The van der Waals surface area contributed by atoms with Crippen LogP contribution in [0.4, 0.5) is 5.69 Å². The summed E-state index contributed by atoms with van der Waals surface area (Å²) in [6.45, 7) is 4.24. The Morgan fingerprint density at radius 2 is 1.53 bits per heavy atom. The number of aryl methyl sites for hydroxylation is 2. The topological polar surface area (TPSA) is 26.0 Å². The molecule has 1 aliphatic carbocycles. The lowest BCUT2D eigenvalue weighted by Crippen LogP contribution is -2.06. The van der Waals surface area contributed by atoms with Crippen LogP contribution in [0.1, 0.15) is 54.7 Å². The van der Waals surface area contributed by atoms with Crippen LogP contribution in [0.5, 0.6) is 0 Å². The van der Waals surface area contributed by atoms with Gasteiger partial charge >= 0.3 is 0 Å². The fourth-order valence-electron chi connectivity index (χ4n) is 2.68. The summed E-state index contributed by atoms with van der Waals surface area (Å²) < 4.78 is 0. The van der Waals surface area contributed by atoms with Gasteiger partial charge in [0, 0.05) is 5.69 Å². The van der Waals surface area contributed by atoms with Crippen LogP contribution in [0.25, 0.3) is 0 Å². The third kappa shape index (κ3) is 2.17. The van der Waals surface area contributed by atoms with E-state index in [1.54, 1.807) is 0 Å². The summed E-state index contributed by atoms with van der Waals surface area (Å²) in [4.78, 5) is 0. The first-order valence-electron chi connectivity index (χ1n) is 6.05. The summed E-state index contributed by atoms with van der Waals surface area (Å²) in [6.07, 6.45) is 6.94. The van der Waals surface area contributed by atoms with Gasteiger partial charge in [0.1, 0.15) is 0 Å². The molecule has 0 atom stereocenters. The van der Waals surface area contributed by atoms with Gasteiger partial charge < -0.3 is 5.73 Å². The lowest BCUT2D eigenvalue weighted by atomic mass is 9.83. The van der Waals surface area contributed by atoms with Crippen molar-refractivity contribution in [1.82, 2.24) is 0 Å². The smallest absolute Gasteiger partial charge is 0.0373 e. The van der Waals surface area contributed by atoms with Crippen LogP contribution in [-0.2, 0) is 0 Å². The molecule has 1 aromatic rings. The Labute approximate surface area is 92.7 Å². The van der Waals surface area contributed by atoms with Crippen molar-refractivity contribution in [3.63, 3.8) is 0 Å². The third-order valence-corrected chi connectivity index (χ3v) is 3.69. The average Bonchev–Trinajstić information content (AvgIpc) is 2.26. The van der Waals surface area contributed by atoms with E-state index in [9.17, 15) is 0 Å². The summed E-state index contributed by atoms with van der Waals surface area (Å²) in [6, 6.07) is 4.58. The number of hydrogen-bond donors (Lipinski definition) is 1. The lowest BCUT2D eigenvalue weighted by Gasteiger charge is -2.23. The summed E-state index contributed by atoms with van der Waals surface area (Å²) in [5.74, 6) is 0.789. The van der Waals surface area contributed by atoms with Crippen molar-refractivity contribution in [3.8, 4) is 0 Å². The van der Waals surface area contributed by atoms with E-state index in [0.717, 1.165) is 11.6 Å². The molecule has 1 aliphatic rings. The molecule has 0 heterocycles. The fourth-order valence-corrected chi connectivity index (χ4v) is 2.68. The van der Waals surface area contributed by atoms with E-state index >= 15 is 0 Å². The van der Waals surface area contributed by atoms with Gasteiger partial charge in [-0.1, -0.05) is 31.4 Å². The van der Waals surface area contributed by atoms with Gasteiger partial charge in [-0.15, -0.1) is 0 Å². The monoisotopic (exact) mass is 203 g/mol. The van der Waals surface area contributed by atoms with E-state index in [-0.39, 0.29) is 0 Å². The first kappa shape index (κ1) is 10.5. The van der Waals surface area contributed by atoms with Crippen molar-refractivity contribution in [1.29, 1.82) is 0 Å². The molecule has 0 spiro atoms. The SMILES string of the molecule is Cc1cc(C2CCCCC2)cc(C)c1N. The Hall–Kier alpha value is -0.980. The van der Waals surface area contributed by atoms with Gasteiger partial charge in [-0.25, -0.2) is 0 Å². The Morgan fingerprint density at radius 1 is 1.00 bits per heavy atom. The van der Waals surface area contributed by atoms with Crippen molar-refractivity contribution in [3.05, 3.63) is 28.8 Å². The van der Waals surface area contributed by atoms with Crippen molar-refractivity contribution in [2.24, 2.45) is 0 Å². The second-order valence-electron chi connectivity index (χ2n) is 4.90. The Kier molecular flexibility index (Phi) is 2.99. The molecule has 2 rings (SSSR count). The molecule has 0 aliphatic heterocycles. The maximum atomic E-state index is 5.98. The highest BCUT2D eigenvalue weighted by Gasteiger charge is 2.16. The van der Waals surface area contributed by atoms with Gasteiger partial charge in [-0.3, -0.25) is 0 Å². The minimum absolute atomic E-state index is 0.789. The summed E-state index contributed by atoms with van der Waals surface area (Å²) in [5, 5.41) is 0. The van der Waals surface area contributed by atoms with Crippen molar-refractivity contribution >= 4 is 5.69 Å². The number of benzene rings is 1. The van der Waals surface area contributed by atoms with Crippen LogP contribution < -0.4 is 5.73 Å². The van der Waals surface area contributed by atoms with E-state index in [2.05, 4.69) is 26.0 Å². The predicted molar refractivity (Wildman–Crippen MR) is 66.2 cm³/mol. The summed E-state index contributed by atoms with van der Waals surface area (Å²) in [5.41, 5.74) is 11.0. The molecular weight excluding hydrogens is 182 g/mol. The molecule has 2 N–H and O–H groups in total. The molecular formula is C14H21N. The predicted octanol–water partition coefficient (Wildman–Crippen LogP) is 3.93. The molecule has 15 heavy (non-hydrogen) atoms. The van der Waals surface area contributed by atoms with Gasteiger partial charge in [0.25, 0.3) is 0 Å². The standard InChI is InChI=1S/C14H21N/c1-10-8-13(9-11(2)14(10)15)12-6-4-3-5-7-12/h8-9,12H,3-7,15H2,1-2H3. The lowest BCUT2D eigenvalue weighted by molar-refractivity contribution is 0.443. The van der Waals surface area contributed by atoms with Gasteiger partial charge in [0.2, 0.25) is 0 Å². The minimum Gasteiger partial charge on any atom is -0.398 e. The highest BCUT2D eigenvalue weighted by molar-refractivity contribution is 5.54. The van der Waals surface area contributed by atoms with Crippen LogP contribution in [0, 0.1) is 13.8 Å². The minimum atomic E-state index is 0.789. The first-order chi connectivity index (χ1) is 7.18. The number of nitrogen functional groups attached to an aromatic ring is 1. The molecule has 1 heteroatoms. The van der Waals surface area contributed by atoms with E-state index < -0.39 is 0 Å². The van der Waals surface area contributed by atoms with Crippen LogP contribution in [0.2, 0.25) is 0 Å². The molecule has 0 bridgehead atoms. The average molecular weight is 203 g/mol. The van der Waals surface area contributed by atoms with Crippen molar-refractivity contribution < 1.29 is 0 Å². The van der Waals surface area contributed by atoms with Crippen LogP contribution in [0.3, 0.4) is 0 Å². The maximum absolute atomic E-state index is 5.98. The first-order valence-corrected chi connectivity index (χ1v) is 6.05. The van der Waals surface area contributed by atoms with E-state index in [4.69, 9.17) is 5.73 Å². The zero-order valence-electron chi connectivity index (χ0n) is 9.84. The van der Waals surface area contributed by atoms with Crippen molar-refractivity contribution in [2.45, 2.75) is 51.9 Å². The number of hydrogen-bond acceptors (Lipinski definition) is 1. The number of rotatable bonds is 1. The van der Waals surface area contributed by atoms with Gasteiger partial charge in [0.15, 0.2) is 0 Å². The van der Waals surface area contributed by atoms with Gasteiger partial charge in [0.05, 0.1) is 0 Å². The third-order valence-electron chi connectivity index (χ3n) is 3.69. The molecule has 0 amide bonds. The highest BCUT2D eigenvalue weighted by atomic mass is 14.6. The quantitative estimate of drug-likeness (QED) is 0.687. The molecule has 0 aromatic heterocycles. The van der Waals surface area contributed by atoms with Crippen molar-refractivity contribution in [2.75, 3.05) is 5.73 Å². The summed E-state index contributed by atoms with van der Waals surface area (Å²) >= 11 is 0. The zero-order valence-corrected chi connectivity index (χ0v) is 9.84. The van der Waals surface area contributed by atoms with Crippen LogP contribution >= 0.6 is 0 Å². The molecule has 0 radical (unpaired) electrons. The van der Waals surface area contributed by atoms with Crippen LogP contribution in [-0.4, -0.2) is 0 Å². The molecule has 0 saturated heterocycles. The van der Waals surface area contributed by atoms with Crippen LogP contribution in [0.15, 0.2) is 12.1 Å². The highest BCUT2D eigenvalue weighted by Crippen LogP contribution is 2.34. The molecule has 1 nitrogen and oxygen atoms in total. The second-order valence-corrected chi connectivity index (χ2v) is 4.90. The zero-order chi connectivity index (χ0) is 10.8. The summed E-state index contributed by atoms with van der Waals surface area (Å²) in [7, 11) is 0. The molecule has 1 fully saturated rings. The molecule has 1 saturated carbocycles. The number of anilines is 1. The second kappa shape index (κ2) is 4.26. The Morgan fingerprint density at radius 3 is 2.07 bits per heavy atom. The molecule has 82 valence electrons. The Bertz CT molecular complexity index is 325. The molecule has 1 aromatic carbocycles. The largest absolute Gasteiger partial charge is 0.398 e. The Balaban J connectivity index is 2.27. The normalized spacial score (nSPS) is 18.0. The van der Waals surface area contributed by atoms with E-state index in [1.807, 2.05) is 0 Å². The molecule has 0 unspecified atom stereocenters. The fraction of sp³-hybridized carbons (Fsp3) is 0.571.